The third-order valence-corrected chi connectivity index (χ3v) is 5.65. The molecule has 1 saturated carbocycles. The Bertz CT molecular complexity index is 1090. The Morgan fingerprint density at radius 3 is 2.47 bits per heavy atom. The van der Waals surface area contributed by atoms with Gasteiger partial charge in [-0.05, 0) is 73.4 Å². The van der Waals surface area contributed by atoms with Crippen LogP contribution in [0.2, 0.25) is 0 Å². The largest absolute Gasteiger partial charge is 0.481 e. The van der Waals surface area contributed by atoms with E-state index in [0.29, 0.717) is 17.3 Å². The van der Waals surface area contributed by atoms with Crippen molar-refractivity contribution in [3.05, 3.63) is 65.8 Å². The zero-order chi connectivity index (χ0) is 22.5. The number of hydrogen-bond acceptors (Lipinski definition) is 6. The molecule has 1 aliphatic rings. The van der Waals surface area contributed by atoms with E-state index in [-0.39, 0.29) is 24.2 Å². The number of rotatable bonds is 7. The Morgan fingerprint density at radius 1 is 1.03 bits per heavy atom. The van der Waals surface area contributed by atoms with E-state index >= 15 is 0 Å². The average molecular weight is 438 g/mol. The zero-order valence-electron chi connectivity index (χ0n) is 17.3. The van der Waals surface area contributed by atoms with E-state index in [1.54, 1.807) is 6.07 Å². The fraction of sp³-hybridized carbons (Fsp3) is 0.304. The van der Waals surface area contributed by atoms with Gasteiger partial charge in [-0.2, -0.15) is 0 Å². The number of carbonyl (C=O) groups is 2. The highest BCUT2D eigenvalue weighted by molar-refractivity contribution is 6.00. The molecule has 0 unspecified atom stereocenters. The van der Waals surface area contributed by atoms with Crippen LogP contribution >= 0.6 is 0 Å². The van der Waals surface area contributed by atoms with E-state index in [0.717, 1.165) is 25.7 Å². The van der Waals surface area contributed by atoms with Crippen molar-refractivity contribution in [3.63, 3.8) is 0 Å². The molecule has 166 valence electrons. The van der Waals surface area contributed by atoms with Crippen molar-refractivity contribution < 1.29 is 23.5 Å². The summed E-state index contributed by atoms with van der Waals surface area (Å²) in [5.74, 6) is -1.25. The summed E-state index contributed by atoms with van der Waals surface area (Å²) in [7, 11) is 0. The molecule has 1 aliphatic carbocycles. The number of halogens is 1. The number of benzene rings is 2. The van der Waals surface area contributed by atoms with Crippen LogP contribution in [0.3, 0.4) is 0 Å². The molecule has 1 heterocycles. The molecule has 3 aromatic rings. The third-order valence-electron chi connectivity index (χ3n) is 5.65. The minimum absolute atomic E-state index is 0.0189. The topological polar surface area (TPSA) is 117 Å². The monoisotopic (exact) mass is 438 g/mol. The summed E-state index contributed by atoms with van der Waals surface area (Å²) in [4.78, 5) is 23.3. The summed E-state index contributed by atoms with van der Waals surface area (Å²) in [6.45, 7) is 0. The van der Waals surface area contributed by atoms with Gasteiger partial charge in [0.2, 0.25) is 0 Å². The SMILES string of the molecule is O=C(O)CC1CCC(c2ccc(NC(=O)c3nnc(Nc4cccc(F)c4)o3)cc2)CC1. The number of hydrogen-bond donors (Lipinski definition) is 3. The molecule has 1 amide bonds. The molecule has 0 bridgehead atoms. The van der Waals surface area contributed by atoms with Gasteiger partial charge in [0.05, 0.1) is 0 Å². The molecule has 1 fully saturated rings. The average Bonchev–Trinajstić information content (AvgIpc) is 3.23. The lowest BCUT2D eigenvalue weighted by atomic mass is 9.77. The molecule has 8 nitrogen and oxygen atoms in total. The number of aromatic nitrogens is 2. The molecular formula is C23H23FN4O4. The van der Waals surface area contributed by atoms with Gasteiger partial charge in [-0.1, -0.05) is 23.3 Å². The van der Waals surface area contributed by atoms with Crippen LogP contribution in [0.4, 0.5) is 21.8 Å². The summed E-state index contributed by atoms with van der Waals surface area (Å²) in [6.07, 6.45) is 4.00. The number of nitrogens with zero attached hydrogens (tertiary/aromatic N) is 2. The van der Waals surface area contributed by atoms with Crippen molar-refractivity contribution in [2.24, 2.45) is 5.92 Å². The van der Waals surface area contributed by atoms with E-state index in [1.165, 1.54) is 23.8 Å². The van der Waals surface area contributed by atoms with Crippen molar-refractivity contribution in [2.45, 2.75) is 38.0 Å². The van der Waals surface area contributed by atoms with Gasteiger partial charge >= 0.3 is 23.8 Å². The second-order valence-electron chi connectivity index (χ2n) is 7.94. The Hall–Kier alpha value is -3.75. The summed E-state index contributed by atoms with van der Waals surface area (Å²) in [6, 6.07) is 13.3. The molecule has 4 rings (SSSR count). The van der Waals surface area contributed by atoms with Gasteiger partial charge in [-0.3, -0.25) is 9.59 Å². The van der Waals surface area contributed by atoms with Gasteiger partial charge in [0, 0.05) is 17.8 Å². The fourth-order valence-corrected chi connectivity index (χ4v) is 4.03. The van der Waals surface area contributed by atoms with Gasteiger partial charge in [-0.25, -0.2) is 4.39 Å². The Balaban J connectivity index is 1.31. The lowest BCUT2D eigenvalue weighted by Crippen LogP contribution is -2.16. The van der Waals surface area contributed by atoms with Crippen molar-refractivity contribution in [1.29, 1.82) is 0 Å². The van der Waals surface area contributed by atoms with Crippen molar-refractivity contribution in [3.8, 4) is 0 Å². The first-order valence-electron chi connectivity index (χ1n) is 10.5. The molecule has 3 N–H and O–H groups in total. The van der Waals surface area contributed by atoms with Crippen LogP contribution < -0.4 is 10.6 Å². The normalized spacial score (nSPS) is 18.2. The summed E-state index contributed by atoms with van der Waals surface area (Å²) < 4.78 is 18.6. The van der Waals surface area contributed by atoms with Crippen LogP contribution in [0.15, 0.2) is 52.9 Å². The third kappa shape index (κ3) is 5.48. The van der Waals surface area contributed by atoms with E-state index in [9.17, 15) is 14.0 Å². The molecule has 0 atom stereocenters. The zero-order valence-corrected chi connectivity index (χ0v) is 17.3. The van der Waals surface area contributed by atoms with Gasteiger partial charge in [-0.15, -0.1) is 5.10 Å². The predicted octanol–water partition coefficient (Wildman–Crippen LogP) is 4.95. The molecule has 32 heavy (non-hydrogen) atoms. The number of carboxylic acids is 1. The summed E-state index contributed by atoms with van der Waals surface area (Å²) in [5.41, 5.74) is 2.19. The van der Waals surface area contributed by atoms with Crippen LogP contribution in [0.5, 0.6) is 0 Å². The standard InChI is InChI=1S/C23H23FN4O4/c24-17-2-1-3-19(13-17)26-23-28-27-22(32-23)21(31)25-18-10-8-16(9-11-18)15-6-4-14(5-7-15)12-20(29)30/h1-3,8-11,13-15H,4-7,12H2,(H,25,31)(H,26,28)(H,29,30). The van der Waals surface area contributed by atoms with Crippen LogP contribution in [0.1, 0.15) is 54.3 Å². The summed E-state index contributed by atoms with van der Waals surface area (Å²) >= 11 is 0. The number of aliphatic carboxylic acids is 1. The number of amides is 1. The quantitative estimate of drug-likeness (QED) is 0.477. The summed E-state index contributed by atoms with van der Waals surface area (Å²) in [5, 5.41) is 21.9. The number of anilines is 3. The predicted molar refractivity (Wildman–Crippen MR) is 115 cm³/mol. The molecular weight excluding hydrogens is 415 g/mol. The first-order chi connectivity index (χ1) is 15.5. The highest BCUT2D eigenvalue weighted by Gasteiger charge is 2.24. The second-order valence-corrected chi connectivity index (χ2v) is 7.94. The van der Waals surface area contributed by atoms with Crippen molar-refractivity contribution >= 4 is 29.3 Å². The van der Waals surface area contributed by atoms with Crippen LogP contribution in [-0.4, -0.2) is 27.2 Å². The maximum Gasteiger partial charge on any atom is 0.320 e. The Kier molecular flexibility index (Phi) is 6.44. The van der Waals surface area contributed by atoms with E-state index < -0.39 is 17.7 Å². The fourth-order valence-electron chi connectivity index (χ4n) is 4.03. The van der Waals surface area contributed by atoms with Gasteiger partial charge in [0.1, 0.15) is 5.82 Å². The first kappa shape index (κ1) is 21.5. The van der Waals surface area contributed by atoms with E-state index in [1.807, 2.05) is 24.3 Å². The van der Waals surface area contributed by atoms with Crippen LogP contribution in [-0.2, 0) is 4.79 Å². The molecule has 9 heteroatoms. The Morgan fingerprint density at radius 2 is 1.78 bits per heavy atom. The molecule has 0 radical (unpaired) electrons. The lowest BCUT2D eigenvalue weighted by molar-refractivity contribution is -0.138. The van der Waals surface area contributed by atoms with Crippen molar-refractivity contribution in [2.75, 3.05) is 10.6 Å². The minimum Gasteiger partial charge on any atom is -0.481 e. The second kappa shape index (κ2) is 9.59. The smallest absolute Gasteiger partial charge is 0.320 e. The number of carboxylic acid groups (broad SMARTS) is 1. The maximum atomic E-state index is 13.3. The molecule has 0 saturated heterocycles. The Labute approximate surface area is 183 Å². The number of nitrogens with one attached hydrogen (secondary N) is 2. The van der Waals surface area contributed by atoms with Gasteiger partial charge in [0.25, 0.3) is 0 Å². The number of carbonyl (C=O) groups excluding carboxylic acids is 1. The van der Waals surface area contributed by atoms with E-state index in [4.69, 9.17) is 9.52 Å². The molecule has 0 aliphatic heterocycles. The van der Waals surface area contributed by atoms with Crippen LogP contribution in [0, 0.1) is 11.7 Å². The molecule has 0 spiro atoms. The van der Waals surface area contributed by atoms with Crippen LogP contribution in [0.25, 0.3) is 0 Å². The molecule has 1 aromatic heterocycles. The van der Waals surface area contributed by atoms with Gasteiger partial charge < -0.3 is 20.2 Å². The lowest BCUT2D eigenvalue weighted by Gasteiger charge is -2.28. The van der Waals surface area contributed by atoms with E-state index in [2.05, 4.69) is 20.8 Å². The van der Waals surface area contributed by atoms with Gasteiger partial charge in [0.15, 0.2) is 0 Å². The van der Waals surface area contributed by atoms with Crippen molar-refractivity contribution in [1.82, 2.24) is 10.2 Å². The highest BCUT2D eigenvalue weighted by atomic mass is 19.1. The minimum atomic E-state index is -0.730. The first-order valence-corrected chi connectivity index (χ1v) is 10.5. The molecule has 2 aromatic carbocycles. The highest BCUT2D eigenvalue weighted by Crippen LogP contribution is 2.37. The maximum absolute atomic E-state index is 13.3.